The van der Waals surface area contributed by atoms with E-state index in [0.717, 1.165) is 28.3 Å². The third-order valence-electron chi connectivity index (χ3n) is 6.22. The summed E-state index contributed by atoms with van der Waals surface area (Å²) in [6.45, 7) is 6.65. The van der Waals surface area contributed by atoms with Gasteiger partial charge in [-0.3, -0.25) is 5.10 Å². The maximum absolute atomic E-state index is 13.5. The van der Waals surface area contributed by atoms with Crippen molar-refractivity contribution in [2.45, 2.75) is 26.7 Å². The molecule has 1 aliphatic rings. The molecule has 178 valence electrons. The predicted molar refractivity (Wildman–Crippen MR) is 129 cm³/mol. The number of nitrogens with zero attached hydrogens (tertiary/aromatic N) is 5. The van der Waals surface area contributed by atoms with Gasteiger partial charge < -0.3 is 10.2 Å². The molecule has 9 nitrogen and oxygen atoms in total. The van der Waals surface area contributed by atoms with Crippen molar-refractivity contribution in [1.82, 2.24) is 24.8 Å². The average Bonchev–Trinajstić information content (AvgIpc) is 3.35. The number of H-pyrrole nitrogens is 1. The van der Waals surface area contributed by atoms with Crippen LogP contribution in [0.15, 0.2) is 36.4 Å². The monoisotopic (exact) mass is 483 g/mol. The van der Waals surface area contributed by atoms with Crippen LogP contribution in [0.5, 0.6) is 0 Å². The molecule has 2 N–H and O–H groups in total. The molecular formula is C23H26FN7O2S. The number of rotatable bonds is 5. The summed E-state index contributed by atoms with van der Waals surface area (Å²) in [5.41, 5.74) is 4.27. The first-order valence-electron chi connectivity index (χ1n) is 11.1. The van der Waals surface area contributed by atoms with Gasteiger partial charge in [0.15, 0.2) is 21.3 Å². The van der Waals surface area contributed by atoms with Crippen molar-refractivity contribution < 1.29 is 12.8 Å². The Hall–Kier alpha value is -3.47. The van der Waals surface area contributed by atoms with E-state index in [1.54, 1.807) is 16.6 Å². The molecular weight excluding hydrogens is 457 g/mol. The molecule has 11 heteroatoms. The topological polar surface area (TPSA) is 108 Å². The fourth-order valence-electron chi connectivity index (χ4n) is 4.39. The van der Waals surface area contributed by atoms with E-state index in [1.165, 1.54) is 12.1 Å². The second kappa shape index (κ2) is 8.39. The van der Waals surface area contributed by atoms with Crippen LogP contribution in [-0.2, 0) is 9.84 Å². The lowest BCUT2D eigenvalue weighted by Gasteiger charge is -2.29. The molecule has 0 unspecified atom stereocenters. The van der Waals surface area contributed by atoms with Crippen LogP contribution in [-0.4, -0.2) is 57.8 Å². The molecule has 0 spiro atoms. The Morgan fingerprint density at radius 2 is 1.79 bits per heavy atom. The van der Waals surface area contributed by atoms with Crippen LogP contribution >= 0.6 is 0 Å². The van der Waals surface area contributed by atoms with E-state index in [0.29, 0.717) is 30.4 Å². The molecule has 0 radical (unpaired) electrons. The van der Waals surface area contributed by atoms with Crippen molar-refractivity contribution >= 4 is 32.9 Å². The van der Waals surface area contributed by atoms with Crippen LogP contribution in [0.3, 0.4) is 0 Å². The molecule has 4 heterocycles. The Kier molecular flexibility index (Phi) is 5.51. The fraction of sp³-hybridized carbons (Fsp3) is 0.348. The van der Waals surface area contributed by atoms with Gasteiger partial charge in [-0.15, -0.1) is 0 Å². The summed E-state index contributed by atoms with van der Waals surface area (Å²) in [6.07, 6.45) is 0. The summed E-state index contributed by atoms with van der Waals surface area (Å²) < 4.78 is 39.3. The predicted octanol–water partition coefficient (Wildman–Crippen LogP) is 3.34. The van der Waals surface area contributed by atoms with Gasteiger partial charge >= 0.3 is 0 Å². The van der Waals surface area contributed by atoms with Crippen LogP contribution in [0, 0.1) is 19.7 Å². The van der Waals surface area contributed by atoms with Crippen LogP contribution in [0.2, 0.25) is 0 Å². The molecule has 1 aromatic carbocycles. The number of nitrogens with one attached hydrogen (secondary N) is 2. The molecule has 0 aliphatic carbocycles. The van der Waals surface area contributed by atoms with Crippen molar-refractivity contribution in [2.24, 2.45) is 0 Å². The van der Waals surface area contributed by atoms with Crippen molar-refractivity contribution in [1.29, 1.82) is 0 Å². The molecule has 34 heavy (non-hydrogen) atoms. The summed E-state index contributed by atoms with van der Waals surface area (Å²) in [5, 5.41) is 15.2. The highest BCUT2D eigenvalue weighted by atomic mass is 32.2. The highest BCUT2D eigenvalue weighted by Gasteiger charge is 2.27. The zero-order valence-electron chi connectivity index (χ0n) is 19.2. The maximum atomic E-state index is 13.5. The summed E-state index contributed by atoms with van der Waals surface area (Å²) in [4.78, 5) is 6.89. The number of fused-ring (bicyclic) bond motifs is 1. The number of halogens is 1. The molecule has 0 saturated carbocycles. The van der Waals surface area contributed by atoms with Crippen LogP contribution in [0.4, 0.5) is 21.8 Å². The number of sulfone groups is 1. The normalized spacial score (nSPS) is 16.6. The fourth-order valence-corrected chi connectivity index (χ4v) is 5.59. The minimum atomic E-state index is -3.04. The lowest BCUT2D eigenvalue weighted by molar-refractivity contribution is 0.585. The third kappa shape index (κ3) is 4.23. The molecule has 5 rings (SSSR count). The zero-order chi connectivity index (χ0) is 24.0. The summed E-state index contributed by atoms with van der Waals surface area (Å²) in [5.74, 6) is 1.79. The smallest absolute Gasteiger partial charge is 0.163 e. The Balaban J connectivity index is 1.64. The van der Waals surface area contributed by atoms with Crippen molar-refractivity contribution in [3.05, 3.63) is 64.7 Å². The van der Waals surface area contributed by atoms with E-state index in [2.05, 4.69) is 15.5 Å². The van der Waals surface area contributed by atoms with Gasteiger partial charge in [-0.1, -0.05) is 19.1 Å². The van der Waals surface area contributed by atoms with Gasteiger partial charge in [0, 0.05) is 42.4 Å². The van der Waals surface area contributed by atoms with E-state index in [-0.39, 0.29) is 23.2 Å². The van der Waals surface area contributed by atoms with E-state index in [9.17, 15) is 12.8 Å². The van der Waals surface area contributed by atoms with Gasteiger partial charge in [0.25, 0.3) is 0 Å². The van der Waals surface area contributed by atoms with Gasteiger partial charge in [-0.05, 0) is 31.5 Å². The minimum absolute atomic E-state index is 0.0805. The van der Waals surface area contributed by atoms with Crippen LogP contribution in [0.25, 0.3) is 5.65 Å². The first-order chi connectivity index (χ1) is 16.2. The van der Waals surface area contributed by atoms with Gasteiger partial charge in [0.05, 0.1) is 17.2 Å². The van der Waals surface area contributed by atoms with Crippen LogP contribution in [0.1, 0.15) is 35.4 Å². The first-order valence-corrected chi connectivity index (χ1v) is 12.9. The molecule has 1 atom stereocenters. The van der Waals surface area contributed by atoms with Crippen molar-refractivity contribution in [2.75, 3.05) is 34.8 Å². The molecule has 1 aliphatic heterocycles. The average molecular weight is 484 g/mol. The molecule has 3 aromatic heterocycles. The molecule has 0 amide bonds. The van der Waals surface area contributed by atoms with E-state index in [1.807, 2.05) is 37.8 Å². The lowest BCUT2D eigenvalue weighted by Crippen LogP contribution is -2.41. The Bertz CT molecular complexity index is 1450. The maximum Gasteiger partial charge on any atom is 0.163 e. The zero-order valence-corrected chi connectivity index (χ0v) is 20.0. The Morgan fingerprint density at radius 3 is 2.44 bits per heavy atom. The third-order valence-corrected chi connectivity index (χ3v) is 7.83. The highest BCUT2D eigenvalue weighted by Crippen LogP contribution is 2.33. The second-order valence-corrected chi connectivity index (χ2v) is 11.0. The quantitative estimate of drug-likeness (QED) is 0.448. The number of hydrogen-bond donors (Lipinski definition) is 2. The number of aryl methyl sites for hydroxylation is 2. The lowest BCUT2D eigenvalue weighted by atomic mass is 9.93. The molecule has 1 saturated heterocycles. The summed E-state index contributed by atoms with van der Waals surface area (Å²) in [7, 11) is -3.04. The highest BCUT2D eigenvalue weighted by molar-refractivity contribution is 7.91. The summed E-state index contributed by atoms with van der Waals surface area (Å²) in [6, 6.07) is 10.2. The SMILES string of the molecule is Cc1cc(Nc2cc(N3CCS(=O)(=O)CC3)n3nc(C)c([C@H](C)c4ccc(F)cc4)c3n2)n[nH]1. The van der Waals surface area contributed by atoms with Gasteiger partial charge in [-0.25, -0.2) is 17.8 Å². The number of benzene rings is 1. The molecule has 1 fully saturated rings. The number of aromatic nitrogens is 5. The van der Waals surface area contributed by atoms with Gasteiger partial charge in [0.2, 0.25) is 0 Å². The minimum Gasteiger partial charge on any atom is -0.354 e. The van der Waals surface area contributed by atoms with E-state index >= 15 is 0 Å². The standard InChI is InChI=1S/C23H26FN7O2S/c1-14-12-20(28-27-14)25-19-13-21(30-8-10-34(32,33)11-9-30)31-23(26-19)22(16(3)29-31)15(2)17-4-6-18(24)7-5-17/h4-7,12-13,15H,8-11H2,1-3H3,(H2,25,26,27,28)/t15-/m1/s1. The molecule has 0 bridgehead atoms. The Morgan fingerprint density at radius 1 is 1.09 bits per heavy atom. The van der Waals surface area contributed by atoms with Gasteiger partial charge in [-0.2, -0.15) is 14.7 Å². The van der Waals surface area contributed by atoms with E-state index in [4.69, 9.17) is 10.1 Å². The van der Waals surface area contributed by atoms with Crippen molar-refractivity contribution in [3.63, 3.8) is 0 Å². The van der Waals surface area contributed by atoms with Crippen molar-refractivity contribution in [3.8, 4) is 0 Å². The molecule has 4 aromatic rings. The summed E-state index contributed by atoms with van der Waals surface area (Å²) >= 11 is 0. The number of aromatic amines is 1. The first kappa shape index (κ1) is 22.3. The number of anilines is 3. The number of hydrogen-bond acceptors (Lipinski definition) is 7. The van der Waals surface area contributed by atoms with Crippen LogP contribution < -0.4 is 10.2 Å². The largest absolute Gasteiger partial charge is 0.354 e. The second-order valence-electron chi connectivity index (χ2n) is 8.71. The van der Waals surface area contributed by atoms with E-state index < -0.39 is 9.84 Å². The Labute approximate surface area is 196 Å². The van der Waals surface area contributed by atoms with Gasteiger partial charge in [0.1, 0.15) is 17.5 Å².